The number of fused-ring (bicyclic) bond motifs is 1. The molecule has 1 saturated heterocycles. The van der Waals surface area contributed by atoms with Crippen LogP contribution in [0.5, 0.6) is 0 Å². The van der Waals surface area contributed by atoms with E-state index < -0.39 is 0 Å². The van der Waals surface area contributed by atoms with Gasteiger partial charge < -0.3 is 10.0 Å². The van der Waals surface area contributed by atoms with E-state index in [1.54, 1.807) is 0 Å². The number of rotatable bonds is 3. The average Bonchev–Trinajstić information content (AvgIpc) is 2.48. The van der Waals surface area contributed by atoms with Crippen molar-refractivity contribution in [1.29, 1.82) is 0 Å². The standard InChI is InChI=1S/C16H19ClN2O/c17-14-2-1-3-15-13(14)4-5-16(18-15)19-9-6-12(7-10-19)8-11-20/h1-5,12,20H,6-11H2. The molecule has 0 saturated carbocycles. The summed E-state index contributed by atoms with van der Waals surface area (Å²) >= 11 is 6.17. The fraction of sp³-hybridized carbons (Fsp3) is 0.438. The maximum atomic E-state index is 9.01. The molecular weight excluding hydrogens is 272 g/mol. The van der Waals surface area contributed by atoms with Crippen molar-refractivity contribution >= 4 is 28.3 Å². The summed E-state index contributed by atoms with van der Waals surface area (Å²) in [7, 11) is 0. The molecule has 1 fully saturated rings. The summed E-state index contributed by atoms with van der Waals surface area (Å²) in [6.45, 7) is 2.34. The Hall–Kier alpha value is -1.32. The highest BCUT2D eigenvalue weighted by Gasteiger charge is 2.19. The van der Waals surface area contributed by atoms with Crippen LogP contribution in [0.3, 0.4) is 0 Å². The lowest BCUT2D eigenvalue weighted by molar-refractivity contribution is 0.240. The Morgan fingerprint density at radius 3 is 2.75 bits per heavy atom. The van der Waals surface area contributed by atoms with Gasteiger partial charge in [0.15, 0.2) is 0 Å². The van der Waals surface area contributed by atoms with Gasteiger partial charge in [-0.15, -0.1) is 0 Å². The van der Waals surface area contributed by atoms with Crippen LogP contribution in [0.1, 0.15) is 19.3 Å². The van der Waals surface area contributed by atoms with E-state index in [0.29, 0.717) is 12.5 Å². The summed E-state index contributed by atoms with van der Waals surface area (Å²) in [4.78, 5) is 7.05. The molecule has 4 heteroatoms. The highest BCUT2D eigenvalue weighted by Crippen LogP contribution is 2.27. The molecule has 0 atom stereocenters. The van der Waals surface area contributed by atoms with Crippen LogP contribution in [-0.2, 0) is 0 Å². The van der Waals surface area contributed by atoms with Crippen LogP contribution < -0.4 is 4.90 Å². The van der Waals surface area contributed by atoms with Gasteiger partial charge in [0.25, 0.3) is 0 Å². The average molecular weight is 291 g/mol. The molecule has 106 valence electrons. The predicted octanol–water partition coefficient (Wildman–Crippen LogP) is 3.49. The van der Waals surface area contributed by atoms with Crippen LogP contribution in [0.4, 0.5) is 5.82 Å². The summed E-state index contributed by atoms with van der Waals surface area (Å²) in [6.07, 6.45) is 3.19. The second kappa shape index (κ2) is 5.98. The zero-order valence-electron chi connectivity index (χ0n) is 11.4. The SMILES string of the molecule is OCCC1CCN(c2ccc3c(Cl)cccc3n2)CC1. The molecule has 1 aromatic heterocycles. The Morgan fingerprint density at radius 1 is 1.20 bits per heavy atom. The van der Waals surface area contributed by atoms with Crippen molar-refractivity contribution in [3.63, 3.8) is 0 Å². The first-order valence-electron chi connectivity index (χ1n) is 7.19. The van der Waals surface area contributed by atoms with Gasteiger partial charge in [0.05, 0.1) is 5.52 Å². The van der Waals surface area contributed by atoms with Gasteiger partial charge in [0.1, 0.15) is 5.82 Å². The number of nitrogens with zero attached hydrogens (tertiary/aromatic N) is 2. The number of pyridine rings is 1. The summed E-state index contributed by atoms with van der Waals surface area (Å²) in [5.41, 5.74) is 0.951. The quantitative estimate of drug-likeness (QED) is 0.940. The number of hydrogen-bond donors (Lipinski definition) is 1. The molecule has 1 aliphatic heterocycles. The molecule has 3 rings (SSSR count). The third kappa shape index (κ3) is 2.74. The Bertz CT molecular complexity index is 594. The summed E-state index contributed by atoms with van der Waals surface area (Å²) < 4.78 is 0. The first-order valence-corrected chi connectivity index (χ1v) is 7.57. The van der Waals surface area contributed by atoms with Crippen molar-refractivity contribution in [3.05, 3.63) is 35.4 Å². The van der Waals surface area contributed by atoms with Gasteiger partial charge in [0.2, 0.25) is 0 Å². The molecule has 20 heavy (non-hydrogen) atoms. The van der Waals surface area contributed by atoms with Gasteiger partial charge in [-0.1, -0.05) is 17.7 Å². The largest absolute Gasteiger partial charge is 0.396 e. The maximum Gasteiger partial charge on any atom is 0.129 e. The lowest BCUT2D eigenvalue weighted by Gasteiger charge is -2.32. The second-order valence-electron chi connectivity index (χ2n) is 5.42. The van der Waals surface area contributed by atoms with E-state index in [1.807, 2.05) is 18.2 Å². The highest BCUT2D eigenvalue weighted by molar-refractivity contribution is 6.35. The Balaban J connectivity index is 1.78. The molecule has 1 aromatic carbocycles. The lowest BCUT2D eigenvalue weighted by atomic mass is 9.94. The summed E-state index contributed by atoms with van der Waals surface area (Å²) in [6, 6.07) is 9.95. The molecule has 0 unspecified atom stereocenters. The van der Waals surface area contributed by atoms with E-state index in [4.69, 9.17) is 21.7 Å². The third-order valence-electron chi connectivity index (χ3n) is 4.14. The number of benzene rings is 1. The minimum absolute atomic E-state index is 0.303. The lowest BCUT2D eigenvalue weighted by Crippen LogP contribution is -2.34. The van der Waals surface area contributed by atoms with Crippen LogP contribution in [0, 0.1) is 5.92 Å². The van der Waals surface area contributed by atoms with Gasteiger partial charge >= 0.3 is 0 Å². The number of anilines is 1. The number of halogens is 1. The first kappa shape index (κ1) is 13.7. The van der Waals surface area contributed by atoms with Crippen molar-refractivity contribution in [2.24, 2.45) is 5.92 Å². The van der Waals surface area contributed by atoms with E-state index in [-0.39, 0.29) is 0 Å². The molecule has 0 aliphatic carbocycles. The van der Waals surface area contributed by atoms with Gasteiger partial charge in [-0.25, -0.2) is 4.98 Å². The topological polar surface area (TPSA) is 36.4 Å². The third-order valence-corrected chi connectivity index (χ3v) is 4.47. The number of piperidine rings is 1. The van der Waals surface area contributed by atoms with E-state index in [9.17, 15) is 0 Å². The molecule has 0 amide bonds. The van der Waals surface area contributed by atoms with Crippen LogP contribution in [0.25, 0.3) is 10.9 Å². The molecule has 3 nitrogen and oxygen atoms in total. The van der Waals surface area contributed by atoms with Crippen molar-refractivity contribution in [2.45, 2.75) is 19.3 Å². The highest BCUT2D eigenvalue weighted by atomic mass is 35.5. The van der Waals surface area contributed by atoms with Gasteiger partial charge in [-0.2, -0.15) is 0 Å². The zero-order valence-corrected chi connectivity index (χ0v) is 12.2. The van der Waals surface area contributed by atoms with E-state index in [0.717, 1.165) is 54.1 Å². The molecule has 2 heterocycles. The van der Waals surface area contributed by atoms with Gasteiger partial charge in [-0.3, -0.25) is 0 Å². The number of aliphatic hydroxyl groups is 1. The van der Waals surface area contributed by atoms with Crippen LogP contribution in [0.15, 0.2) is 30.3 Å². The van der Waals surface area contributed by atoms with Crippen LogP contribution in [0.2, 0.25) is 5.02 Å². The monoisotopic (exact) mass is 290 g/mol. The maximum absolute atomic E-state index is 9.01. The molecule has 1 aliphatic rings. The molecule has 0 radical (unpaired) electrons. The predicted molar refractivity (Wildman–Crippen MR) is 83.4 cm³/mol. The van der Waals surface area contributed by atoms with Gasteiger partial charge in [0, 0.05) is 30.1 Å². The molecule has 2 aromatic rings. The molecule has 0 bridgehead atoms. The Morgan fingerprint density at radius 2 is 2.00 bits per heavy atom. The molecule has 0 spiro atoms. The van der Waals surface area contributed by atoms with Crippen molar-refractivity contribution in [3.8, 4) is 0 Å². The summed E-state index contributed by atoms with van der Waals surface area (Å²) in [5.74, 6) is 1.69. The van der Waals surface area contributed by atoms with E-state index >= 15 is 0 Å². The second-order valence-corrected chi connectivity index (χ2v) is 5.83. The fourth-order valence-corrected chi connectivity index (χ4v) is 3.15. The molecular formula is C16H19ClN2O. The number of aromatic nitrogens is 1. The normalized spacial score (nSPS) is 16.8. The number of aliphatic hydroxyl groups excluding tert-OH is 1. The fourth-order valence-electron chi connectivity index (χ4n) is 2.92. The van der Waals surface area contributed by atoms with E-state index in [2.05, 4.69) is 17.0 Å². The van der Waals surface area contributed by atoms with E-state index in [1.165, 1.54) is 0 Å². The smallest absolute Gasteiger partial charge is 0.129 e. The zero-order chi connectivity index (χ0) is 13.9. The Labute approximate surface area is 124 Å². The van der Waals surface area contributed by atoms with Crippen LogP contribution in [-0.4, -0.2) is 29.8 Å². The van der Waals surface area contributed by atoms with Crippen LogP contribution >= 0.6 is 11.6 Å². The van der Waals surface area contributed by atoms with Gasteiger partial charge in [-0.05, 0) is 49.4 Å². The minimum Gasteiger partial charge on any atom is -0.396 e. The Kier molecular flexibility index (Phi) is 4.08. The summed E-state index contributed by atoms with van der Waals surface area (Å²) in [5, 5.41) is 10.8. The minimum atomic E-state index is 0.303. The number of hydrogen-bond acceptors (Lipinski definition) is 3. The first-order chi connectivity index (χ1) is 9.78. The van der Waals surface area contributed by atoms with Crippen molar-refractivity contribution < 1.29 is 5.11 Å². The van der Waals surface area contributed by atoms with Crippen molar-refractivity contribution in [2.75, 3.05) is 24.6 Å². The molecule has 1 N–H and O–H groups in total. The van der Waals surface area contributed by atoms with Crippen molar-refractivity contribution in [1.82, 2.24) is 4.98 Å².